The topological polar surface area (TPSA) is 34.0 Å². The summed E-state index contributed by atoms with van der Waals surface area (Å²) in [6.45, 7) is 11.7. The molecule has 0 N–H and O–H groups in total. The van der Waals surface area contributed by atoms with E-state index in [0.717, 1.165) is 77.7 Å². The second kappa shape index (κ2) is 20.2. The van der Waals surface area contributed by atoms with Crippen LogP contribution in [0.1, 0.15) is 77.0 Å². The van der Waals surface area contributed by atoms with Crippen LogP contribution in [0.2, 0.25) is 0 Å². The number of hydrogen-bond acceptors (Lipinski definition) is 3. The highest BCUT2D eigenvalue weighted by Gasteiger charge is 2.17. The lowest BCUT2D eigenvalue weighted by Crippen LogP contribution is -2.30. The molecule has 0 spiro atoms. The van der Waals surface area contributed by atoms with E-state index in [1.165, 1.54) is 49.8 Å². The van der Waals surface area contributed by atoms with E-state index in [1.54, 1.807) is 0 Å². The van der Waals surface area contributed by atoms with E-state index in [1.807, 2.05) is 6.92 Å². The van der Waals surface area contributed by atoms with E-state index in [-0.39, 0.29) is 0 Å². The first-order valence-electron chi connectivity index (χ1n) is 22.5. The van der Waals surface area contributed by atoms with Gasteiger partial charge in [-0.2, -0.15) is 0 Å². The van der Waals surface area contributed by atoms with E-state index in [9.17, 15) is 0 Å². The fourth-order valence-corrected chi connectivity index (χ4v) is 8.60. The van der Waals surface area contributed by atoms with E-state index in [4.69, 9.17) is 9.97 Å². The van der Waals surface area contributed by atoms with Gasteiger partial charge in [0, 0.05) is 45.7 Å². The van der Waals surface area contributed by atoms with Gasteiger partial charge < -0.3 is 4.90 Å². The van der Waals surface area contributed by atoms with E-state index in [0.29, 0.717) is 5.82 Å². The number of aryl methyl sites for hydroxylation is 1. The Hall–Kier alpha value is -7.04. The van der Waals surface area contributed by atoms with E-state index < -0.39 is 0 Å². The third-order valence-electron chi connectivity index (χ3n) is 12.0. The molecule has 0 saturated heterocycles. The number of aromatic nitrogens is 3. The Labute approximate surface area is 374 Å². The minimum atomic E-state index is 0.702. The summed E-state index contributed by atoms with van der Waals surface area (Å²) >= 11 is 0. The molecule has 0 radical (unpaired) electrons. The molecule has 0 fully saturated rings. The molecule has 4 heteroatoms. The van der Waals surface area contributed by atoms with Crippen molar-refractivity contribution < 1.29 is 0 Å². The molecular formula is C59H58N4. The molecule has 2 aromatic heterocycles. The lowest BCUT2D eigenvalue weighted by molar-refractivity contribution is 0.979. The van der Waals surface area contributed by atoms with E-state index >= 15 is 0 Å². The lowest BCUT2D eigenvalue weighted by Gasteiger charge is -2.26. The minimum Gasteiger partial charge on any atom is -0.341 e. The van der Waals surface area contributed by atoms with Crippen molar-refractivity contribution >= 4 is 39.9 Å². The normalized spacial score (nSPS) is 17.4. The summed E-state index contributed by atoms with van der Waals surface area (Å²) in [5.41, 5.74) is 14.1. The number of hydrogen-bond donors (Lipinski definition) is 0. The quantitative estimate of drug-likeness (QED) is 0.115. The van der Waals surface area contributed by atoms with Crippen molar-refractivity contribution in [1.29, 1.82) is 0 Å². The average molecular weight is 823 g/mol. The Kier molecular flexibility index (Phi) is 13.7. The van der Waals surface area contributed by atoms with Crippen LogP contribution in [-0.4, -0.2) is 21.1 Å². The van der Waals surface area contributed by atoms with Gasteiger partial charge in [0.15, 0.2) is 5.82 Å². The standard InChI is InChI=1S/C59H58N4/c1-6-8-9-20-40-62(54-31-19-18-26-47(54)7-2)45(5)24-21-25-46-33-38-52-56(41-46)63(55-39-32-43(3)22-16-17-23-44(4)58(52)55)57-42-53(50-29-14-11-15-30-50)60-59(61-57)51-36-34-49(35-37-51)48-27-12-10-13-28-48/h6,8-12,14-16,18-22,24-27,29-39,41-42H,7,13,17,23,28,40H2,1-5H3/b8-6-,20-9-,22-16-,25-21+,43-32-,45-24+,55-39+,58-44+. The van der Waals surface area contributed by atoms with Crippen molar-refractivity contribution in [1.82, 2.24) is 14.5 Å². The summed E-state index contributed by atoms with van der Waals surface area (Å²) in [6, 6.07) is 37.0. The Morgan fingerprint density at radius 3 is 2.35 bits per heavy atom. The number of nitrogens with zero attached hydrogens (tertiary/aromatic N) is 4. The zero-order valence-corrected chi connectivity index (χ0v) is 37.4. The predicted molar refractivity (Wildman–Crippen MR) is 271 cm³/mol. The summed E-state index contributed by atoms with van der Waals surface area (Å²) < 4.78 is 2.37. The summed E-state index contributed by atoms with van der Waals surface area (Å²) in [6.07, 6.45) is 35.9. The Morgan fingerprint density at radius 2 is 1.56 bits per heavy atom. The number of allylic oxidation sites excluding steroid dienone is 14. The maximum atomic E-state index is 5.44. The molecule has 8 rings (SSSR count). The van der Waals surface area contributed by atoms with Gasteiger partial charge in [0.2, 0.25) is 0 Å². The number of benzene rings is 4. The first kappa shape index (κ1) is 42.6. The van der Waals surface area contributed by atoms with Crippen LogP contribution in [-0.2, 0) is 6.42 Å². The van der Waals surface area contributed by atoms with Gasteiger partial charge in [-0.05, 0) is 106 Å². The highest BCUT2D eigenvalue weighted by molar-refractivity contribution is 5.87. The van der Waals surface area contributed by atoms with Crippen molar-refractivity contribution in [2.24, 2.45) is 0 Å². The fourth-order valence-electron chi connectivity index (χ4n) is 8.60. The van der Waals surface area contributed by atoms with Gasteiger partial charge in [0.1, 0.15) is 5.82 Å². The van der Waals surface area contributed by atoms with Crippen LogP contribution in [0, 0.1) is 0 Å². The summed E-state index contributed by atoms with van der Waals surface area (Å²) in [5.74, 6) is 1.54. The molecule has 0 atom stereocenters. The van der Waals surface area contributed by atoms with Crippen LogP contribution in [0.25, 0.3) is 62.7 Å². The molecule has 2 heterocycles. The van der Waals surface area contributed by atoms with Crippen LogP contribution in [0.4, 0.5) is 5.69 Å². The summed E-state index contributed by atoms with van der Waals surface area (Å²) in [5, 5.41) is 3.61. The smallest absolute Gasteiger partial charge is 0.162 e. The monoisotopic (exact) mass is 822 g/mol. The van der Waals surface area contributed by atoms with Crippen molar-refractivity contribution in [3.63, 3.8) is 0 Å². The van der Waals surface area contributed by atoms with Gasteiger partial charge in [-0.25, -0.2) is 9.97 Å². The van der Waals surface area contributed by atoms with Gasteiger partial charge in [0.05, 0.1) is 16.6 Å². The first-order valence-corrected chi connectivity index (χ1v) is 22.5. The molecular weight excluding hydrogens is 765 g/mol. The van der Waals surface area contributed by atoms with Crippen LogP contribution in [0.5, 0.6) is 0 Å². The van der Waals surface area contributed by atoms with Crippen molar-refractivity contribution in [2.75, 3.05) is 11.4 Å². The van der Waals surface area contributed by atoms with Gasteiger partial charge >= 0.3 is 0 Å². The van der Waals surface area contributed by atoms with Gasteiger partial charge in [-0.3, -0.25) is 4.57 Å². The lowest BCUT2D eigenvalue weighted by atomic mass is 9.96. The third kappa shape index (κ3) is 9.87. The SMILES string of the molecule is C/C=C\C=C/CN(/C(C)=C/C=C/c1ccc2c3/c(n(-c4cc(-c5ccccc5)nc(-c5ccc(C6=CC=CCC6)cc5)n4)c2c1)=C\C=C(C)/C=C\CC/C=3C)c1ccccc1CC. The summed E-state index contributed by atoms with van der Waals surface area (Å²) in [7, 11) is 0. The van der Waals surface area contributed by atoms with Crippen molar-refractivity contribution in [3.8, 4) is 28.5 Å². The molecule has 0 aliphatic heterocycles. The van der Waals surface area contributed by atoms with Gasteiger partial charge in [0.25, 0.3) is 0 Å². The molecule has 0 unspecified atom stereocenters. The maximum absolute atomic E-state index is 5.44. The average Bonchev–Trinajstić information content (AvgIpc) is 3.66. The Balaban J connectivity index is 1.29. The maximum Gasteiger partial charge on any atom is 0.162 e. The van der Waals surface area contributed by atoms with Crippen molar-refractivity contribution in [2.45, 2.75) is 66.7 Å². The zero-order chi connectivity index (χ0) is 43.5. The van der Waals surface area contributed by atoms with E-state index in [2.05, 4.69) is 225 Å². The van der Waals surface area contributed by atoms with Crippen LogP contribution in [0.15, 0.2) is 187 Å². The largest absolute Gasteiger partial charge is 0.341 e. The number of anilines is 1. The molecule has 4 nitrogen and oxygen atoms in total. The van der Waals surface area contributed by atoms with Crippen LogP contribution in [0.3, 0.4) is 0 Å². The summed E-state index contributed by atoms with van der Waals surface area (Å²) in [4.78, 5) is 13.1. The number of fused-ring (bicyclic) bond motifs is 3. The van der Waals surface area contributed by atoms with Crippen molar-refractivity contribution in [3.05, 3.63) is 215 Å². The highest BCUT2D eigenvalue weighted by Crippen LogP contribution is 2.30. The molecule has 0 amide bonds. The van der Waals surface area contributed by atoms with Crippen LogP contribution < -0.4 is 15.5 Å². The Morgan fingerprint density at radius 1 is 0.762 bits per heavy atom. The molecule has 314 valence electrons. The number of rotatable bonds is 12. The van der Waals surface area contributed by atoms with Gasteiger partial charge in [-0.1, -0.05) is 176 Å². The molecule has 0 saturated carbocycles. The Bertz CT molecular complexity index is 2980. The first-order chi connectivity index (χ1) is 30.9. The fraction of sp³-hybridized carbons (Fsp3) is 0.186. The van der Waals surface area contributed by atoms with Crippen LogP contribution >= 0.6 is 0 Å². The minimum absolute atomic E-state index is 0.702. The molecule has 0 bridgehead atoms. The molecule has 4 aromatic carbocycles. The highest BCUT2D eigenvalue weighted by atomic mass is 15.1. The third-order valence-corrected chi connectivity index (χ3v) is 12.0. The molecule has 63 heavy (non-hydrogen) atoms. The molecule has 2 aliphatic rings. The molecule has 6 aromatic rings. The predicted octanol–water partition coefficient (Wildman–Crippen LogP) is 13.9. The molecule has 2 aliphatic carbocycles. The second-order valence-electron chi connectivity index (χ2n) is 16.4. The van der Waals surface area contributed by atoms with Gasteiger partial charge in [-0.15, -0.1) is 0 Å². The number of para-hydroxylation sites is 1. The zero-order valence-electron chi connectivity index (χ0n) is 37.4. The second-order valence-corrected chi connectivity index (χ2v) is 16.4.